The third kappa shape index (κ3) is 3.45. The van der Waals surface area contributed by atoms with E-state index in [1.54, 1.807) is 19.5 Å². The molecule has 1 saturated heterocycles. The molecule has 1 aromatic heterocycles. The second-order valence-corrected chi connectivity index (χ2v) is 6.22. The van der Waals surface area contributed by atoms with Gasteiger partial charge in [0.1, 0.15) is 0 Å². The monoisotopic (exact) mass is 312 g/mol. The highest BCUT2D eigenvalue weighted by Crippen LogP contribution is 2.38. The molecule has 2 aromatic rings. The third-order valence-corrected chi connectivity index (χ3v) is 4.23. The zero-order valence-electron chi connectivity index (χ0n) is 14.1. The van der Waals surface area contributed by atoms with E-state index in [-0.39, 0.29) is 0 Å². The minimum atomic E-state index is 0.342. The maximum Gasteiger partial charge on any atom is 0.257 e. The summed E-state index contributed by atoms with van der Waals surface area (Å²) in [4.78, 5) is 13.3. The van der Waals surface area contributed by atoms with Gasteiger partial charge in [0.05, 0.1) is 13.2 Å². The number of nitrogens with zero attached hydrogens (tertiary/aromatic N) is 4. The van der Waals surface area contributed by atoms with Crippen LogP contribution in [0.25, 0.3) is 0 Å². The molecule has 0 aliphatic carbocycles. The Morgan fingerprint density at radius 1 is 1.17 bits per heavy atom. The van der Waals surface area contributed by atoms with E-state index in [4.69, 9.17) is 4.74 Å². The van der Waals surface area contributed by atoms with Crippen LogP contribution in [0, 0.1) is 0 Å². The van der Waals surface area contributed by atoms with Gasteiger partial charge in [-0.15, -0.1) is 0 Å². The summed E-state index contributed by atoms with van der Waals surface area (Å²) < 4.78 is 5.38. The van der Waals surface area contributed by atoms with Gasteiger partial charge in [-0.3, -0.25) is 0 Å². The van der Waals surface area contributed by atoms with Gasteiger partial charge >= 0.3 is 0 Å². The molecule has 3 rings (SSSR count). The van der Waals surface area contributed by atoms with Crippen LogP contribution in [0.5, 0.6) is 5.88 Å². The Hall–Kier alpha value is -2.14. The summed E-state index contributed by atoms with van der Waals surface area (Å²) in [6, 6.07) is 9.27. The van der Waals surface area contributed by atoms with Crippen molar-refractivity contribution in [3.05, 3.63) is 47.8 Å². The molecule has 1 aliphatic rings. The van der Waals surface area contributed by atoms with Gasteiger partial charge in [0, 0.05) is 25.5 Å². The molecule has 0 bridgehead atoms. The van der Waals surface area contributed by atoms with E-state index < -0.39 is 0 Å². The minimum Gasteiger partial charge on any atom is -0.478 e. The summed E-state index contributed by atoms with van der Waals surface area (Å²) >= 11 is 0. The Morgan fingerprint density at radius 2 is 1.91 bits per heavy atom. The van der Waals surface area contributed by atoms with Crippen LogP contribution in [0.3, 0.4) is 0 Å². The van der Waals surface area contributed by atoms with E-state index in [2.05, 4.69) is 58.1 Å². The predicted molar refractivity (Wildman–Crippen MR) is 91.7 cm³/mol. The van der Waals surface area contributed by atoms with Crippen molar-refractivity contribution in [2.24, 2.45) is 0 Å². The molecule has 23 heavy (non-hydrogen) atoms. The number of hydrogen-bond acceptors (Lipinski definition) is 5. The quantitative estimate of drug-likeness (QED) is 0.849. The van der Waals surface area contributed by atoms with Crippen molar-refractivity contribution in [1.82, 2.24) is 14.9 Å². The van der Waals surface area contributed by atoms with Gasteiger partial charge in [-0.05, 0) is 38.1 Å². The summed E-state index contributed by atoms with van der Waals surface area (Å²) in [6.07, 6.45) is 5.69. The molecule has 0 amide bonds. The highest BCUT2D eigenvalue weighted by molar-refractivity contribution is 5.51. The molecule has 1 unspecified atom stereocenters. The zero-order chi connectivity index (χ0) is 16.2. The molecule has 1 aliphatic heterocycles. The fraction of sp³-hybridized carbons (Fsp3) is 0.444. The topological polar surface area (TPSA) is 41.5 Å². The first-order valence-electron chi connectivity index (χ1n) is 8.04. The lowest BCUT2D eigenvalue weighted by Gasteiger charge is -2.27. The van der Waals surface area contributed by atoms with Gasteiger partial charge in [-0.25, -0.2) is 9.97 Å². The summed E-state index contributed by atoms with van der Waals surface area (Å²) in [5, 5.41) is 0. The van der Waals surface area contributed by atoms with E-state index >= 15 is 0 Å². The molecule has 0 radical (unpaired) electrons. The smallest absolute Gasteiger partial charge is 0.257 e. The lowest BCUT2D eigenvalue weighted by Crippen LogP contribution is -2.24. The van der Waals surface area contributed by atoms with E-state index in [0.29, 0.717) is 11.9 Å². The second-order valence-electron chi connectivity index (χ2n) is 6.22. The molecule has 0 spiro atoms. The average Bonchev–Trinajstić information content (AvgIpc) is 3.04. The summed E-state index contributed by atoms with van der Waals surface area (Å²) in [7, 11) is 5.83. The Bertz CT molecular complexity index is 642. The van der Waals surface area contributed by atoms with Crippen LogP contribution in [0.4, 0.5) is 5.82 Å². The number of benzene rings is 1. The van der Waals surface area contributed by atoms with Crippen LogP contribution in [0.1, 0.15) is 30.0 Å². The van der Waals surface area contributed by atoms with Crippen LogP contribution in [0.15, 0.2) is 36.7 Å². The molecule has 122 valence electrons. The largest absolute Gasteiger partial charge is 0.478 e. The second kappa shape index (κ2) is 6.96. The normalized spacial score (nSPS) is 17.7. The Labute approximate surface area is 137 Å². The number of hydrogen-bond donors (Lipinski definition) is 0. The van der Waals surface area contributed by atoms with Crippen molar-refractivity contribution >= 4 is 5.82 Å². The van der Waals surface area contributed by atoms with E-state index in [1.807, 2.05) is 0 Å². The first-order chi connectivity index (χ1) is 11.2. The maximum absolute atomic E-state index is 5.38. The molecule has 1 fully saturated rings. The van der Waals surface area contributed by atoms with E-state index in [9.17, 15) is 0 Å². The molecule has 0 N–H and O–H groups in total. The zero-order valence-corrected chi connectivity index (χ0v) is 14.1. The molecule has 5 nitrogen and oxygen atoms in total. The first-order valence-corrected chi connectivity index (χ1v) is 8.04. The SMILES string of the molecule is COc1nccnc1N1CCCC1c1ccc(CN(C)C)cc1. The van der Waals surface area contributed by atoms with Crippen molar-refractivity contribution < 1.29 is 4.74 Å². The van der Waals surface area contributed by atoms with Gasteiger partial charge < -0.3 is 14.5 Å². The number of rotatable bonds is 5. The summed E-state index contributed by atoms with van der Waals surface area (Å²) in [6.45, 7) is 1.95. The molecule has 1 aromatic carbocycles. The van der Waals surface area contributed by atoms with Gasteiger partial charge in [0.25, 0.3) is 5.88 Å². The fourth-order valence-electron chi connectivity index (χ4n) is 3.24. The highest BCUT2D eigenvalue weighted by atomic mass is 16.5. The molecule has 1 atom stereocenters. The van der Waals surface area contributed by atoms with Gasteiger partial charge in [-0.2, -0.15) is 0 Å². The van der Waals surface area contributed by atoms with E-state index in [1.165, 1.54) is 11.1 Å². The Morgan fingerprint density at radius 3 is 2.61 bits per heavy atom. The lowest BCUT2D eigenvalue weighted by molar-refractivity contribution is 0.394. The van der Waals surface area contributed by atoms with Crippen LogP contribution in [-0.4, -0.2) is 42.6 Å². The number of methoxy groups -OCH3 is 1. The average molecular weight is 312 g/mol. The molecule has 5 heteroatoms. The predicted octanol–water partition coefficient (Wildman–Crippen LogP) is 2.89. The van der Waals surface area contributed by atoms with Crippen LogP contribution >= 0.6 is 0 Å². The van der Waals surface area contributed by atoms with Crippen molar-refractivity contribution in [3.63, 3.8) is 0 Å². The first kappa shape index (κ1) is 15.7. The molecule has 2 heterocycles. The standard InChI is InChI=1S/C18H24N4O/c1-21(2)13-14-6-8-15(9-7-14)16-5-4-12-22(16)17-18(23-3)20-11-10-19-17/h6-11,16H,4-5,12-13H2,1-3H3. The Kier molecular flexibility index (Phi) is 4.76. The van der Waals surface area contributed by atoms with Crippen molar-refractivity contribution in [1.29, 1.82) is 0 Å². The summed E-state index contributed by atoms with van der Waals surface area (Å²) in [5.41, 5.74) is 2.66. The third-order valence-electron chi connectivity index (χ3n) is 4.23. The van der Waals surface area contributed by atoms with Gasteiger partial charge in [0.2, 0.25) is 0 Å². The van der Waals surface area contributed by atoms with E-state index in [0.717, 1.165) is 31.7 Å². The molecule has 0 saturated carbocycles. The van der Waals surface area contributed by atoms with Crippen LogP contribution in [-0.2, 0) is 6.54 Å². The summed E-state index contributed by atoms with van der Waals surface area (Å²) in [5.74, 6) is 1.44. The van der Waals surface area contributed by atoms with Crippen LogP contribution < -0.4 is 9.64 Å². The van der Waals surface area contributed by atoms with Crippen molar-refractivity contribution in [2.45, 2.75) is 25.4 Å². The van der Waals surface area contributed by atoms with Crippen molar-refractivity contribution in [3.8, 4) is 5.88 Å². The van der Waals surface area contributed by atoms with Crippen molar-refractivity contribution in [2.75, 3.05) is 32.6 Å². The Balaban J connectivity index is 1.84. The van der Waals surface area contributed by atoms with Gasteiger partial charge in [-0.1, -0.05) is 24.3 Å². The highest BCUT2D eigenvalue weighted by Gasteiger charge is 2.29. The lowest BCUT2D eigenvalue weighted by atomic mass is 10.0. The fourth-order valence-corrected chi connectivity index (χ4v) is 3.24. The molecular formula is C18H24N4O. The van der Waals surface area contributed by atoms with Crippen LogP contribution in [0.2, 0.25) is 0 Å². The minimum absolute atomic E-state index is 0.342. The maximum atomic E-state index is 5.38. The van der Waals surface area contributed by atoms with Gasteiger partial charge in [0.15, 0.2) is 5.82 Å². The number of aromatic nitrogens is 2. The molecular weight excluding hydrogens is 288 g/mol. The number of anilines is 1. The number of ether oxygens (including phenoxy) is 1.